The van der Waals surface area contributed by atoms with Gasteiger partial charge < -0.3 is 51.5 Å². The number of aromatic hydroxyl groups is 2. The van der Waals surface area contributed by atoms with Crippen molar-refractivity contribution in [1.29, 1.82) is 0 Å². The van der Waals surface area contributed by atoms with E-state index in [1.807, 2.05) is 0 Å². The van der Waals surface area contributed by atoms with Crippen molar-refractivity contribution in [3.63, 3.8) is 0 Å². The molecule has 0 fully saturated rings. The molecule has 0 aromatic heterocycles. The highest BCUT2D eigenvalue weighted by Gasteiger charge is 2.34. The Kier molecular flexibility index (Phi) is 20.0. The lowest BCUT2D eigenvalue weighted by Crippen LogP contribution is -2.55. The van der Waals surface area contributed by atoms with E-state index in [4.69, 9.17) is 0 Å². The number of phenols is 2. The molecule has 1 aliphatic rings. The monoisotopic (exact) mass is 852 g/mol. The van der Waals surface area contributed by atoms with Crippen LogP contribution in [0.5, 0.6) is 11.5 Å². The summed E-state index contributed by atoms with van der Waals surface area (Å²) >= 11 is 0. The molecule has 6 amide bonds. The lowest BCUT2D eigenvalue weighted by atomic mass is 9.94. The van der Waals surface area contributed by atoms with Crippen molar-refractivity contribution in [2.24, 2.45) is 0 Å². The normalized spacial score (nSPS) is 17.4. The summed E-state index contributed by atoms with van der Waals surface area (Å²) in [6.07, 6.45) is 12.4. The minimum atomic E-state index is -1.47. The van der Waals surface area contributed by atoms with Gasteiger partial charge in [-0.2, -0.15) is 0 Å². The lowest BCUT2D eigenvalue weighted by molar-refractivity contribution is -0.143. The van der Waals surface area contributed by atoms with Crippen LogP contribution >= 0.6 is 0 Å². The molecule has 0 saturated heterocycles. The number of fused-ring (bicyclic) bond motifs is 5. The van der Waals surface area contributed by atoms with Crippen molar-refractivity contribution in [2.45, 2.75) is 134 Å². The van der Waals surface area contributed by atoms with Gasteiger partial charge in [-0.3, -0.25) is 28.8 Å². The number of amides is 6. The molecule has 17 heteroatoms. The molecule has 17 nitrogen and oxygen atoms in total. The molecule has 8 N–H and O–H groups in total. The van der Waals surface area contributed by atoms with Gasteiger partial charge in [-0.15, -0.1) is 0 Å². The summed E-state index contributed by atoms with van der Waals surface area (Å²) in [6, 6.07) is 1.63. The van der Waals surface area contributed by atoms with Crippen LogP contribution in [-0.4, -0.2) is 123 Å². The maximum atomic E-state index is 13.9. The van der Waals surface area contributed by atoms with Crippen molar-refractivity contribution < 1.29 is 54.0 Å². The lowest BCUT2D eigenvalue weighted by Gasteiger charge is -2.30. The van der Waals surface area contributed by atoms with Crippen LogP contribution < -0.4 is 21.3 Å². The highest BCUT2D eigenvalue weighted by Crippen LogP contribution is 2.38. The zero-order valence-electron chi connectivity index (χ0n) is 36.0. The van der Waals surface area contributed by atoms with E-state index in [1.165, 1.54) is 109 Å². The molecule has 2 aromatic carbocycles. The third kappa shape index (κ3) is 14.8. The number of nitrogens with one attached hydrogen (secondary N) is 4. The number of carboxylic acid groups (broad SMARTS) is 1. The van der Waals surface area contributed by atoms with Gasteiger partial charge in [-0.05, 0) is 55.7 Å². The van der Waals surface area contributed by atoms with Crippen molar-refractivity contribution in [3.05, 3.63) is 47.5 Å². The van der Waals surface area contributed by atoms with E-state index in [0.717, 1.165) is 29.1 Å². The summed E-state index contributed by atoms with van der Waals surface area (Å²) in [5.74, 6) is -6.24. The predicted molar refractivity (Wildman–Crippen MR) is 227 cm³/mol. The zero-order valence-corrected chi connectivity index (χ0v) is 36.0. The number of likely N-dealkylation sites (N-methyl/N-ethyl adjacent to an activating group) is 2. The zero-order chi connectivity index (χ0) is 45.2. The van der Waals surface area contributed by atoms with Gasteiger partial charge in [0, 0.05) is 38.1 Å². The van der Waals surface area contributed by atoms with Gasteiger partial charge in [-0.25, -0.2) is 4.79 Å². The van der Waals surface area contributed by atoms with Gasteiger partial charge in [0.1, 0.15) is 41.7 Å². The van der Waals surface area contributed by atoms with E-state index in [0.29, 0.717) is 12.0 Å². The van der Waals surface area contributed by atoms with E-state index >= 15 is 0 Å². The second-order valence-corrected chi connectivity index (χ2v) is 15.8. The molecule has 0 aliphatic carbocycles. The average Bonchev–Trinajstić information content (AvgIpc) is 3.22. The Morgan fingerprint density at radius 3 is 1.95 bits per heavy atom. The number of nitrogens with zero attached hydrogens (tertiary/aromatic N) is 2. The topological polar surface area (TPSA) is 255 Å². The highest BCUT2D eigenvalue weighted by atomic mass is 16.4. The second-order valence-electron chi connectivity index (χ2n) is 15.8. The fraction of sp³-hybridized carbons (Fsp3) is 0.568. The number of aliphatic hydroxyl groups is 1. The van der Waals surface area contributed by atoms with Crippen LogP contribution in [0.3, 0.4) is 0 Å². The highest BCUT2D eigenvalue weighted by molar-refractivity contribution is 5.96. The molecule has 2 aromatic rings. The first-order chi connectivity index (χ1) is 29.0. The standard InChI is InChI=1S/C44H64N6O11/c1-6-7-8-9-10-11-12-13-14-15-16-17-37(54)49(4)34(26-51)42(58)46-27(2)40(56)45-25-38(55)50(5)39-30-19-21-36(53)32(24-30)31-22-29(18-20-35(31)52)23-33(44(60)61)48-41(57)28(3)47-43(39)59/h18-22,24,27-28,33-34,39,51-53H,6-17,23,25-26H2,1-5H3,(H,45,56)(H,46,58)(H,47,59)(H,48,57)(H,60,61)/t27-,28+,33+,34-,39+/m1/s1. The minimum absolute atomic E-state index is 0.0667. The van der Waals surface area contributed by atoms with Gasteiger partial charge in [-0.1, -0.05) is 83.3 Å². The van der Waals surface area contributed by atoms with E-state index in [2.05, 4.69) is 28.2 Å². The number of aliphatic hydroxyl groups excluding tert-OH is 1. The van der Waals surface area contributed by atoms with Crippen molar-refractivity contribution in [1.82, 2.24) is 31.1 Å². The largest absolute Gasteiger partial charge is 0.507 e. The first-order valence-electron chi connectivity index (χ1n) is 21.2. The summed E-state index contributed by atoms with van der Waals surface area (Å²) in [4.78, 5) is 93.8. The molecule has 1 heterocycles. The van der Waals surface area contributed by atoms with Crippen LogP contribution in [0, 0.1) is 0 Å². The molecule has 61 heavy (non-hydrogen) atoms. The third-order valence-corrected chi connectivity index (χ3v) is 11.0. The summed E-state index contributed by atoms with van der Waals surface area (Å²) in [7, 11) is 2.69. The number of hydrogen-bond acceptors (Lipinski definition) is 10. The van der Waals surface area contributed by atoms with Crippen LogP contribution in [-0.2, 0) is 40.0 Å². The number of benzene rings is 2. The van der Waals surface area contributed by atoms with Crippen LogP contribution in [0.4, 0.5) is 0 Å². The Morgan fingerprint density at radius 1 is 0.787 bits per heavy atom. The minimum Gasteiger partial charge on any atom is -0.507 e. The summed E-state index contributed by atoms with van der Waals surface area (Å²) in [5, 5.41) is 51.2. The predicted octanol–water partition coefficient (Wildman–Crippen LogP) is 3.04. The van der Waals surface area contributed by atoms with Gasteiger partial charge in [0.2, 0.25) is 35.4 Å². The first kappa shape index (κ1) is 49.7. The van der Waals surface area contributed by atoms with Crippen LogP contribution in [0.15, 0.2) is 36.4 Å². The Hall–Kier alpha value is -5.71. The molecule has 336 valence electrons. The summed E-state index contributed by atoms with van der Waals surface area (Å²) in [5.41, 5.74) is 0.726. The van der Waals surface area contributed by atoms with Crippen molar-refractivity contribution >= 4 is 41.4 Å². The third-order valence-electron chi connectivity index (χ3n) is 11.0. The number of unbranched alkanes of at least 4 members (excludes halogenated alkanes) is 10. The van der Waals surface area contributed by atoms with E-state index in [1.54, 1.807) is 0 Å². The molecule has 5 atom stereocenters. The molecular weight excluding hydrogens is 789 g/mol. The van der Waals surface area contributed by atoms with Crippen molar-refractivity contribution in [2.75, 3.05) is 27.2 Å². The maximum Gasteiger partial charge on any atom is 0.326 e. The van der Waals surface area contributed by atoms with Crippen LogP contribution in [0.2, 0.25) is 0 Å². The Labute approximate surface area is 357 Å². The summed E-state index contributed by atoms with van der Waals surface area (Å²) < 4.78 is 0. The number of carboxylic acids is 1. The van der Waals surface area contributed by atoms with Gasteiger partial charge in [0.15, 0.2) is 0 Å². The number of rotatable bonds is 21. The first-order valence-corrected chi connectivity index (χ1v) is 21.2. The van der Waals surface area contributed by atoms with Gasteiger partial charge in [0.05, 0.1) is 13.2 Å². The Morgan fingerprint density at radius 2 is 1.36 bits per heavy atom. The molecule has 4 bridgehead atoms. The van der Waals surface area contributed by atoms with E-state index in [9.17, 15) is 54.0 Å². The number of phenolic OH excluding ortho intramolecular Hbond substituents is 2. The van der Waals surface area contributed by atoms with E-state index in [-0.39, 0.29) is 46.9 Å². The van der Waals surface area contributed by atoms with E-state index < -0.39 is 78.9 Å². The van der Waals surface area contributed by atoms with Crippen LogP contribution in [0.1, 0.15) is 115 Å². The molecule has 0 saturated carbocycles. The van der Waals surface area contributed by atoms with Crippen LogP contribution in [0.25, 0.3) is 11.1 Å². The maximum absolute atomic E-state index is 13.9. The second kappa shape index (κ2) is 24.5. The van der Waals surface area contributed by atoms with Gasteiger partial charge >= 0.3 is 5.97 Å². The molecule has 0 radical (unpaired) electrons. The molecule has 3 rings (SSSR count). The quantitative estimate of drug-likeness (QED) is 0.0848. The van der Waals surface area contributed by atoms with Crippen molar-refractivity contribution in [3.8, 4) is 22.6 Å². The Bertz CT molecular complexity index is 1860. The molecule has 0 spiro atoms. The fourth-order valence-corrected chi connectivity index (χ4v) is 7.14. The number of carbonyl (C=O) groups excluding carboxylic acids is 6. The smallest absolute Gasteiger partial charge is 0.326 e. The molecule has 0 unspecified atom stereocenters. The SMILES string of the molecule is CCCCCCCCCCCCCC(=O)N(C)[C@H](CO)C(=O)N[C@H](C)C(=O)NCC(=O)N(C)[C@@H]1C(=O)N[C@@H](C)C(=O)N[C@H](C(=O)O)Cc2ccc(O)c(c2)-c2cc1ccc2O. The summed E-state index contributed by atoms with van der Waals surface area (Å²) in [6.45, 7) is 3.56. The number of aliphatic carboxylic acids is 1. The molecule has 1 aliphatic heterocycles. The Balaban J connectivity index is 1.65. The van der Waals surface area contributed by atoms with Gasteiger partial charge in [0.25, 0.3) is 0 Å². The molecular formula is C44H64N6O11. The number of carbonyl (C=O) groups is 7. The number of hydrogen-bond donors (Lipinski definition) is 8. The fourth-order valence-electron chi connectivity index (χ4n) is 7.14. The average molecular weight is 853 g/mol.